The van der Waals surface area contributed by atoms with Crippen molar-refractivity contribution in [3.05, 3.63) is 33.9 Å². The molecular weight excluding hydrogens is 324 g/mol. The molecule has 23 heavy (non-hydrogen) atoms. The van der Waals surface area contributed by atoms with Gasteiger partial charge >= 0.3 is 5.97 Å². The van der Waals surface area contributed by atoms with Crippen molar-refractivity contribution in [2.24, 2.45) is 0 Å². The number of fused-ring (bicyclic) bond motifs is 1. The molecule has 0 aliphatic carbocycles. The highest BCUT2D eigenvalue weighted by Crippen LogP contribution is 2.22. The number of aromatic nitrogens is 3. The van der Waals surface area contributed by atoms with Gasteiger partial charge in [-0.1, -0.05) is 13.8 Å². The Kier molecular flexibility index (Phi) is 6.32. The normalized spacial score (nSPS) is 10.6. The molecule has 8 nitrogen and oxygen atoms in total. The number of H-pyrrole nitrogens is 1. The van der Waals surface area contributed by atoms with Gasteiger partial charge in [0.25, 0.3) is 5.91 Å². The molecule has 2 heterocycles. The Balaban J connectivity index is 0.00000264. The molecule has 0 radical (unpaired) electrons. The summed E-state index contributed by atoms with van der Waals surface area (Å²) in [6.07, 6.45) is 3.10. The minimum Gasteiger partial charge on any atom is -0.480 e. The standard InChI is InChI=1S/C14H18N4O4.ClH/c1-3-8(4-2)9-5-10(19)12(13-16-7-17-18(9)13)14(22)15-6-11(20)21;/h5,7-8H,3-4,6H2,1-2H3,(H,15,22)(H,16,17)(H,20,21);1H. The minimum absolute atomic E-state index is 0. The van der Waals surface area contributed by atoms with Gasteiger partial charge in [0.1, 0.15) is 18.4 Å². The topological polar surface area (TPSA) is 117 Å². The molecule has 2 aromatic heterocycles. The number of carboxylic acids is 1. The van der Waals surface area contributed by atoms with Crippen LogP contribution < -0.4 is 10.7 Å². The summed E-state index contributed by atoms with van der Waals surface area (Å²) < 4.78 is 1.61. The van der Waals surface area contributed by atoms with Gasteiger partial charge in [-0.25, -0.2) is 9.50 Å². The summed E-state index contributed by atoms with van der Waals surface area (Å²) in [5.74, 6) is -1.76. The first kappa shape index (κ1) is 18.7. The van der Waals surface area contributed by atoms with Crippen molar-refractivity contribution in [2.45, 2.75) is 32.6 Å². The molecule has 0 fully saturated rings. The van der Waals surface area contributed by atoms with Crippen LogP contribution in [0.1, 0.15) is 48.7 Å². The Labute approximate surface area is 138 Å². The van der Waals surface area contributed by atoms with Gasteiger partial charge in [-0.2, -0.15) is 0 Å². The summed E-state index contributed by atoms with van der Waals surface area (Å²) in [5.41, 5.74) is 0.351. The van der Waals surface area contributed by atoms with E-state index in [9.17, 15) is 14.4 Å². The third-order valence-corrected chi connectivity index (χ3v) is 3.62. The van der Waals surface area contributed by atoms with Gasteiger partial charge in [0.05, 0.1) is 0 Å². The SMILES string of the molecule is CCC(CC)c1cc(=O)c(C(=O)NCC(=O)O)c2nc[nH]n12.Cl. The molecule has 0 aliphatic rings. The lowest BCUT2D eigenvalue weighted by atomic mass is 9.98. The van der Waals surface area contributed by atoms with Crippen LogP contribution in [0.5, 0.6) is 0 Å². The maximum atomic E-state index is 12.3. The second-order valence-electron chi connectivity index (χ2n) is 4.94. The van der Waals surface area contributed by atoms with Gasteiger partial charge in [-0.05, 0) is 12.8 Å². The number of hydrogen-bond acceptors (Lipinski definition) is 4. The molecule has 0 saturated carbocycles. The number of nitrogens with zero attached hydrogens (tertiary/aromatic N) is 2. The molecule has 9 heteroatoms. The Morgan fingerprint density at radius 2 is 2.04 bits per heavy atom. The fraction of sp³-hybridized carbons (Fsp3) is 0.429. The summed E-state index contributed by atoms with van der Waals surface area (Å²) in [7, 11) is 0. The molecule has 0 atom stereocenters. The maximum Gasteiger partial charge on any atom is 0.322 e. The van der Waals surface area contributed by atoms with Crippen LogP contribution in [0.2, 0.25) is 0 Å². The van der Waals surface area contributed by atoms with Crippen LogP contribution in [0.3, 0.4) is 0 Å². The number of hydrogen-bond donors (Lipinski definition) is 3. The van der Waals surface area contributed by atoms with Crippen LogP contribution in [-0.4, -0.2) is 38.1 Å². The number of nitrogens with one attached hydrogen (secondary N) is 2. The van der Waals surface area contributed by atoms with Crippen LogP contribution >= 0.6 is 12.4 Å². The number of aromatic amines is 1. The highest BCUT2D eigenvalue weighted by molar-refractivity contribution is 6.00. The van der Waals surface area contributed by atoms with E-state index in [-0.39, 0.29) is 29.5 Å². The third kappa shape index (κ3) is 3.70. The van der Waals surface area contributed by atoms with Crippen molar-refractivity contribution in [1.82, 2.24) is 19.9 Å². The zero-order chi connectivity index (χ0) is 16.3. The lowest BCUT2D eigenvalue weighted by Gasteiger charge is -2.15. The monoisotopic (exact) mass is 342 g/mol. The van der Waals surface area contributed by atoms with E-state index in [2.05, 4.69) is 15.4 Å². The second kappa shape index (κ2) is 7.77. The first-order valence-electron chi connectivity index (χ1n) is 7.08. The van der Waals surface area contributed by atoms with Crippen LogP contribution in [0.15, 0.2) is 17.2 Å². The molecule has 2 aromatic rings. The van der Waals surface area contributed by atoms with Gasteiger partial charge < -0.3 is 10.4 Å². The summed E-state index contributed by atoms with van der Waals surface area (Å²) >= 11 is 0. The van der Waals surface area contributed by atoms with E-state index in [0.717, 1.165) is 18.5 Å². The Morgan fingerprint density at radius 3 is 2.61 bits per heavy atom. The van der Waals surface area contributed by atoms with Crippen LogP contribution in [0.25, 0.3) is 5.65 Å². The van der Waals surface area contributed by atoms with Crippen LogP contribution in [0, 0.1) is 0 Å². The second-order valence-corrected chi connectivity index (χ2v) is 4.94. The number of carbonyl (C=O) groups excluding carboxylic acids is 1. The number of carbonyl (C=O) groups is 2. The molecule has 0 saturated heterocycles. The lowest BCUT2D eigenvalue weighted by molar-refractivity contribution is -0.135. The zero-order valence-electron chi connectivity index (χ0n) is 12.8. The molecule has 1 amide bonds. The van der Waals surface area contributed by atoms with Crippen molar-refractivity contribution >= 4 is 29.9 Å². The Bertz CT molecular complexity index is 764. The summed E-state index contributed by atoms with van der Waals surface area (Å²) in [6.45, 7) is 3.49. The lowest BCUT2D eigenvalue weighted by Crippen LogP contribution is -2.33. The van der Waals surface area contributed by atoms with Gasteiger partial charge in [0, 0.05) is 17.7 Å². The van der Waals surface area contributed by atoms with E-state index in [1.807, 2.05) is 13.8 Å². The van der Waals surface area contributed by atoms with Crippen LogP contribution in [-0.2, 0) is 4.79 Å². The highest BCUT2D eigenvalue weighted by atomic mass is 35.5. The first-order valence-corrected chi connectivity index (χ1v) is 7.08. The third-order valence-electron chi connectivity index (χ3n) is 3.62. The van der Waals surface area contributed by atoms with Crippen molar-refractivity contribution in [3.8, 4) is 0 Å². The van der Waals surface area contributed by atoms with Crippen molar-refractivity contribution < 1.29 is 14.7 Å². The van der Waals surface area contributed by atoms with Crippen molar-refractivity contribution in [2.75, 3.05) is 6.54 Å². The molecule has 0 spiro atoms. The Hall–Kier alpha value is -2.35. The maximum absolute atomic E-state index is 12.3. The summed E-state index contributed by atoms with van der Waals surface area (Å²) in [6, 6.07) is 1.42. The van der Waals surface area contributed by atoms with Crippen LogP contribution in [0.4, 0.5) is 0 Å². The largest absolute Gasteiger partial charge is 0.480 e. The Morgan fingerprint density at radius 1 is 1.39 bits per heavy atom. The van der Waals surface area contributed by atoms with E-state index in [4.69, 9.17) is 5.11 Å². The smallest absolute Gasteiger partial charge is 0.322 e. The summed E-state index contributed by atoms with van der Waals surface area (Å²) in [5, 5.41) is 13.7. The molecule has 0 aliphatic heterocycles. The average molecular weight is 343 g/mol. The molecule has 126 valence electrons. The van der Waals surface area contributed by atoms with Crippen molar-refractivity contribution in [3.63, 3.8) is 0 Å². The van der Waals surface area contributed by atoms with E-state index >= 15 is 0 Å². The zero-order valence-corrected chi connectivity index (χ0v) is 13.6. The van der Waals surface area contributed by atoms with Gasteiger partial charge in [-0.3, -0.25) is 19.5 Å². The highest BCUT2D eigenvalue weighted by Gasteiger charge is 2.21. The predicted molar refractivity (Wildman–Crippen MR) is 86.4 cm³/mol. The number of halogens is 1. The van der Waals surface area contributed by atoms with E-state index < -0.39 is 23.9 Å². The number of amides is 1. The van der Waals surface area contributed by atoms with E-state index in [1.165, 1.54) is 12.4 Å². The predicted octanol–water partition coefficient (Wildman–Crippen LogP) is 1.16. The molecule has 0 unspecified atom stereocenters. The van der Waals surface area contributed by atoms with E-state index in [0.29, 0.717) is 0 Å². The number of pyridine rings is 1. The molecule has 2 rings (SSSR count). The van der Waals surface area contributed by atoms with E-state index in [1.54, 1.807) is 4.52 Å². The number of carboxylic acid groups (broad SMARTS) is 1. The van der Waals surface area contributed by atoms with Gasteiger partial charge in [0.15, 0.2) is 11.1 Å². The average Bonchev–Trinajstić information content (AvgIpc) is 2.95. The van der Waals surface area contributed by atoms with Crippen molar-refractivity contribution in [1.29, 1.82) is 0 Å². The van der Waals surface area contributed by atoms with Gasteiger partial charge in [-0.15, -0.1) is 12.4 Å². The fourth-order valence-electron chi connectivity index (χ4n) is 2.49. The minimum atomic E-state index is -1.18. The molecule has 0 aromatic carbocycles. The molecule has 3 N–H and O–H groups in total. The summed E-state index contributed by atoms with van der Waals surface area (Å²) in [4.78, 5) is 38.9. The quantitative estimate of drug-likeness (QED) is 0.728. The first-order chi connectivity index (χ1) is 10.5. The molecular formula is C14H19ClN4O4. The number of rotatable bonds is 6. The van der Waals surface area contributed by atoms with Gasteiger partial charge in [0.2, 0.25) is 0 Å². The fourth-order valence-corrected chi connectivity index (χ4v) is 2.49. The number of aliphatic carboxylic acids is 1. The molecule has 0 bridgehead atoms.